The Labute approximate surface area is 174 Å². The molecule has 2 N–H and O–H groups in total. The number of fused-ring (bicyclic) bond motifs is 1. The van der Waals surface area contributed by atoms with E-state index in [9.17, 15) is 17.6 Å². The van der Waals surface area contributed by atoms with E-state index in [0.717, 1.165) is 22.0 Å². The van der Waals surface area contributed by atoms with Crippen LogP contribution in [0.4, 0.5) is 4.39 Å². The molecular formula is C22H22FN3O3S. The van der Waals surface area contributed by atoms with Crippen molar-refractivity contribution in [1.29, 1.82) is 0 Å². The molecule has 0 aliphatic carbocycles. The van der Waals surface area contributed by atoms with Crippen molar-refractivity contribution in [2.45, 2.75) is 24.3 Å². The van der Waals surface area contributed by atoms with Gasteiger partial charge in [-0.1, -0.05) is 24.3 Å². The first kappa shape index (κ1) is 20.3. The molecule has 1 aliphatic heterocycles. The maximum atomic E-state index is 13.4. The van der Waals surface area contributed by atoms with E-state index in [1.807, 2.05) is 12.3 Å². The topological polar surface area (TPSA) is 82.3 Å². The number of H-pyrrole nitrogens is 1. The lowest BCUT2D eigenvalue weighted by atomic mass is 9.98. The van der Waals surface area contributed by atoms with E-state index in [0.29, 0.717) is 19.5 Å². The zero-order valence-corrected chi connectivity index (χ0v) is 17.2. The molecule has 3 aromatic rings. The summed E-state index contributed by atoms with van der Waals surface area (Å²) < 4.78 is 40.8. The highest BCUT2D eigenvalue weighted by Crippen LogP contribution is 2.29. The summed E-state index contributed by atoms with van der Waals surface area (Å²) in [6, 6.07) is 11.7. The molecular weight excluding hydrogens is 405 g/mol. The lowest BCUT2D eigenvalue weighted by Gasteiger charge is -2.29. The molecule has 1 aliphatic rings. The van der Waals surface area contributed by atoms with Gasteiger partial charge in [0, 0.05) is 35.8 Å². The van der Waals surface area contributed by atoms with Gasteiger partial charge < -0.3 is 9.88 Å². The number of amides is 1. The number of nitrogens with zero attached hydrogens (tertiary/aromatic N) is 1. The van der Waals surface area contributed by atoms with E-state index in [1.54, 1.807) is 36.1 Å². The van der Waals surface area contributed by atoms with Crippen molar-refractivity contribution in [1.82, 2.24) is 14.6 Å². The highest BCUT2D eigenvalue weighted by molar-refractivity contribution is 7.89. The Morgan fingerprint density at radius 1 is 1.20 bits per heavy atom. The number of aromatic amines is 1. The third kappa shape index (κ3) is 4.01. The van der Waals surface area contributed by atoms with Crippen LogP contribution in [-0.4, -0.2) is 43.3 Å². The standard InChI is InChI=1S/C22H22FN3O3S/c1-15(25-30(28,29)18-5-3-2-4-6-18)22(27)26-11-9-16(10-12-26)20-14-24-21-13-17(23)7-8-19(20)21/h2-9,13-15,24-25H,10-12H2,1H3/t15-/m0/s1. The van der Waals surface area contributed by atoms with E-state index in [-0.39, 0.29) is 16.6 Å². The molecule has 30 heavy (non-hydrogen) atoms. The number of nitrogens with one attached hydrogen (secondary N) is 2. The fourth-order valence-electron chi connectivity index (χ4n) is 3.70. The van der Waals surface area contributed by atoms with Crippen molar-refractivity contribution >= 4 is 32.4 Å². The van der Waals surface area contributed by atoms with Crippen LogP contribution < -0.4 is 4.72 Å². The van der Waals surface area contributed by atoms with Crippen LogP contribution in [0.25, 0.3) is 16.5 Å². The van der Waals surface area contributed by atoms with Gasteiger partial charge in [-0.15, -0.1) is 0 Å². The Balaban J connectivity index is 1.45. The average molecular weight is 428 g/mol. The Hall–Kier alpha value is -2.97. The van der Waals surface area contributed by atoms with Gasteiger partial charge in [0.2, 0.25) is 15.9 Å². The van der Waals surface area contributed by atoms with Gasteiger partial charge >= 0.3 is 0 Å². The Bertz CT molecular complexity index is 1220. The fourth-order valence-corrected chi connectivity index (χ4v) is 4.92. The number of carbonyl (C=O) groups is 1. The minimum absolute atomic E-state index is 0.126. The number of halogens is 1. The summed E-state index contributed by atoms with van der Waals surface area (Å²) in [4.78, 5) is 17.6. The molecule has 0 fully saturated rings. The van der Waals surface area contributed by atoms with Gasteiger partial charge in [0.1, 0.15) is 5.82 Å². The van der Waals surface area contributed by atoms with E-state index in [1.165, 1.54) is 24.3 Å². The Kier molecular flexibility index (Phi) is 5.44. The van der Waals surface area contributed by atoms with Crippen LogP contribution in [-0.2, 0) is 14.8 Å². The Morgan fingerprint density at radius 3 is 2.67 bits per heavy atom. The van der Waals surface area contributed by atoms with E-state index >= 15 is 0 Å². The fraction of sp³-hybridized carbons (Fsp3) is 0.227. The first-order chi connectivity index (χ1) is 14.3. The molecule has 2 aromatic carbocycles. The second kappa shape index (κ2) is 8.04. The average Bonchev–Trinajstić information content (AvgIpc) is 3.16. The first-order valence-corrected chi connectivity index (χ1v) is 11.2. The summed E-state index contributed by atoms with van der Waals surface area (Å²) in [6.45, 7) is 2.42. The molecule has 1 aromatic heterocycles. The van der Waals surface area contributed by atoms with Crippen LogP contribution in [0.3, 0.4) is 0 Å². The summed E-state index contributed by atoms with van der Waals surface area (Å²) in [5.74, 6) is -0.567. The van der Waals surface area contributed by atoms with Crippen molar-refractivity contribution < 1.29 is 17.6 Å². The zero-order valence-electron chi connectivity index (χ0n) is 16.4. The molecule has 2 heterocycles. The summed E-state index contributed by atoms with van der Waals surface area (Å²) in [5, 5.41) is 0.936. The summed E-state index contributed by atoms with van der Waals surface area (Å²) in [5.41, 5.74) is 2.80. The van der Waals surface area contributed by atoms with Gasteiger partial charge in [0.15, 0.2) is 0 Å². The van der Waals surface area contributed by atoms with Crippen LogP contribution in [0.5, 0.6) is 0 Å². The normalized spacial score (nSPS) is 15.8. The number of hydrogen-bond acceptors (Lipinski definition) is 3. The molecule has 0 saturated heterocycles. The van der Waals surface area contributed by atoms with Gasteiger partial charge in [-0.2, -0.15) is 4.72 Å². The summed E-state index contributed by atoms with van der Waals surface area (Å²) in [7, 11) is -3.76. The SMILES string of the molecule is C[C@H](NS(=O)(=O)c1ccccc1)C(=O)N1CC=C(c2c[nH]c3cc(F)ccc23)CC1. The largest absolute Gasteiger partial charge is 0.360 e. The lowest BCUT2D eigenvalue weighted by molar-refractivity contribution is -0.132. The number of aromatic nitrogens is 1. The number of carbonyl (C=O) groups excluding carboxylic acids is 1. The predicted molar refractivity (Wildman–Crippen MR) is 114 cm³/mol. The smallest absolute Gasteiger partial charge is 0.241 e. The van der Waals surface area contributed by atoms with Crippen LogP contribution in [0.2, 0.25) is 0 Å². The molecule has 8 heteroatoms. The molecule has 0 saturated carbocycles. The van der Waals surface area contributed by atoms with Crippen LogP contribution >= 0.6 is 0 Å². The zero-order chi connectivity index (χ0) is 21.3. The van der Waals surface area contributed by atoms with E-state index < -0.39 is 16.1 Å². The minimum atomic E-state index is -3.76. The summed E-state index contributed by atoms with van der Waals surface area (Å²) >= 11 is 0. The van der Waals surface area contributed by atoms with Gasteiger partial charge in [0.05, 0.1) is 10.9 Å². The van der Waals surface area contributed by atoms with Crippen LogP contribution in [0.15, 0.2) is 65.7 Å². The highest BCUT2D eigenvalue weighted by atomic mass is 32.2. The van der Waals surface area contributed by atoms with Crippen molar-refractivity contribution in [3.05, 3.63) is 72.2 Å². The maximum Gasteiger partial charge on any atom is 0.241 e. The molecule has 6 nitrogen and oxygen atoms in total. The van der Waals surface area contributed by atoms with Gasteiger partial charge in [-0.25, -0.2) is 12.8 Å². The van der Waals surface area contributed by atoms with Crippen molar-refractivity contribution in [3.8, 4) is 0 Å². The first-order valence-electron chi connectivity index (χ1n) is 9.67. The number of sulfonamides is 1. The van der Waals surface area contributed by atoms with Crippen LogP contribution in [0.1, 0.15) is 18.9 Å². The molecule has 0 radical (unpaired) electrons. The van der Waals surface area contributed by atoms with Gasteiger partial charge in [-0.05, 0) is 49.2 Å². The molecule has 156 valence electrons. The predicted octanol–water partition coefficient (Wildman–Crippen LogP) is 3.29. The third-order valence-corrected chi connectivity index (χ3v) is 6.82. The molecule has 0 spiro atoms. The lowest BCUT2D eigenvalue weighted by Crippen LogP contribution is -2.48. The number of rotatable bonds is 5. The monoisotopic (exact) mass is 427 g/mol. The number of benzene rings is 2. The number of hydrogen-bond donors (Lipinski definition) is 2. The molecule has 4 rings (SSSR count). The second-order valence-electron chi connectivity index (χ2n) is 7.31. The second-order valence-corrected chi connectivity index (χ2v) is 9.03. The van der Waals surface area contributed by atoms with Gasteiger partial charge in [-0.3, -0.25) is 4.79 Å². The van der Waals surface area contributed by atoms with Crippen molar-refractivity contribution in [3.63, 3.8) is 0 Å². The maximum absolute atomic E-state index is 13.4. The Morgan fingerprint density at radius 2 is 1.97 bits per heavy atom. The summed E-state index contributed by atoms with van der Waals surface area (Å²) in [6.07, 6.45) is 4.45. The van der Waals surface area contributed by atoms with E-state index in [2.05, 4.69) is 9.71 Å². The molecule has 1 amide bonds. The molecule has 0 unspecified atom stereocenters. The van der Waals surface area contributed by atoms with Crippen molar-refractivity contribution in [2.75, 3.05) is 13.1 Å². The van der Waals surface area contributed by atoms with Crippen LogP contribution in [0, 0.1) is 5.82 Å². The van der Waals surface area contributed by atoms with E-state index in [4.69, 9.17) is 0 Å². The quantitative estimate of drug-likeness (QED) is 0.656. The minimum Gasteiger partial charge on any atom is -0.360 e. The molecule has 1 atom stereocenters. The third-order valence-electron chi connectivity index (χ3n) is 5.27. The van der Waals surface area contributed by atoms with Gasteiger partial charge in [0.25, 0.3) is 0 Å². The van der Waals surface area contributed by atoms with Crippen molar-refractivity contribution in [2.24, 2.45) is 0 Å². The highest BCUT2D eigenvalue weighted by Gasteiger charge is 2.27. The molecule has 0 bridgehead atoms.